The van der Waals surface area contributed by atoms with Crippen LogP contribution in [-0.2, 0) is 13.1 Å². The van der Waals surface area contributed by atoms with E-state index in [4.69, 9.17) is 0 Å². The van der Waals surface area contributed by atoms with Crippen molar-refractivity contribution in [1.82, 2.24) is 20.4 Å². The molecule has 0 radical (unpaired) electrons. The quantitative estimate of drug-likeness (QED) is 0.427. The van der Waals surface area contributed by atoms with Crippen LogP contribution in [0.15, 0.2) is 35.3 Å². The molecule has 3 rings (SSSR count). The number of nitrogens with zero attached hydrogens (tertiary/aromatic N) is 4. The van der Waals surface area contributed by atoms with E-state index in [1.807, 2.05) is 14.0 Å². The molecule has 6 nitrogen and oxygen atoms in total. The van der Waals surface area contributed by atoms with Crippen LogP contribution in [-0.4, -0.2) is 42.4 Å². The summed E-state index contributed by atoms with van der Waals surface area (Å²) in [5.74, 6) is 1.70. The van der Waals surface area contributed by atoms with Gasteiger partial charge in [-0.25, -0.2) is 0 Å². The number of aryl methyl sites for hydroxylation is 3. The number of anilines is 1. The molecule has 2 N–H and O–H groups in total. The number of hydrogen-bond donors (Lipinski definition) is 2. The molecule has 0 atom stereocenters. The lowest BCUT2D eigenvalue weighted by atomic mass is 9.99. The molecular formula is C23H36N6. The smallest absolute Gasteiger partial charge is 0.191 e. The maximum atomic E-state index is 4.51. The van der Waals surface area contributed by atoms with Crippen molar-refractivity contribution >= 4 is 11.6 Å². The van der Waals surface area contributed by atoms with Crippen LogP contribution in [0.4, 0.5) is 5.69 Å². The van der Waals surface area contributed by atoms with Gasteiger partial charge in [0.05, 0.1) is 5.69 Å². The second kappa shape index (κ2) is 10.3. The maximum Gasteiger partial charge on any atom is 0.191 e. The van der Waals surface area contributed by atoms with Crippen molar-refractivity contribution in [2.75, 3.05) is 31.6 Å². The third-order valence-corrected chi connectivity index (χ3v) is 5.71. The number of aliphatic imine (C=N–C) groups is 1. The van der Waals surface area contributed by atoms with E-state index in [1.165, 1.54) is 42.9 Å². The molecule has 6 heteroatoms. The first-order valence-electron chi connectivity index (χ1n) is 10.8. The second-order valence-electron chi connectivity index (χ2n) is 8.19. The molecule has 1 aliphatic heterocycles. The van der Waals surface area contributed by atoms with Crippen LogP contribution in [0.3, 0.4) is 0 Å². The summed E-state index contributed by atoms with van der Waals surface area (Å²) in [6.45, 7) is 11.4. The maximum absolute atomic E-state index is 4.51. The molecule has 158 valence electrons. The number of hydrogen-bond acceptors (Lipinski definition) is 3. The van der Waals surface area contributed by atoms with Crippen LogP contribution in [0.25, 0.3) is 0 Å². The summed E-state index contributed by atoms with van der Waals surface area (Å²) in [5, 5.41) is 11.3. The molecule has 2 aromatic rings. The zero-order chi connectivity index (χ0) is 20.6. The normalized spacial score (nSPS) is 15.6. The highest BCUT2D eigenvalue weighted by molar-refractivity contribution is 5.79. The molecule has 1 aromatic heterocycles. The van der Waals surface area contributed by atoms with E-state index in [1.54, 1.807) is 0 Å². The van der Waals surface area contributed by atoms with Gasteiger partial charge in [0.25, 0.3) is 0 Å². The summed E-state index contributed by atoms with van der Waals surface area (Å²) in [6, 6.07) is 11.0. The lowest BCUT2D eigenvalue weighted by Crippen LogP contribution is -2.37. The van der Waals surface area contributed by atoms with Gasteiger partial charge in [-0.2, -0.15) is 5.10 Å². The molecule has 1 aromatic carbocycles. The number of rotatable bonds is 7. The average Bonchev–Trinajstić information content (AvgIpc) is 3.05. The third-order valence-electron chi connectivity index (χ3n) is 5.71. The Morgan fingerprint density at radius 3 is 2.48 bits per heavy atom. The number of nitrogens with one attached hydrogen (secondary N) is 2. The van der Waals surface area contributed by atoms with E-state index < -0.39 is 0 Å². The summed E-state index contributed by atoms with van der Waals surface area (Å²) < 4.78 is 2.07. The van der Waals surface area contributed by atoms with Crippen molar-refractivity contribution in [3.8, 4) is 0 Å². The minimum absolute atomic E-state index is 0.772. The minimum atomic E-state index is 0.772. The summed E-state index contributed by atoms with van der Waals surface area (Å²) in [5.41, 5.74) is 4.90. The van der Waals surface area contributed by atoms with Crippen LogP contribution in [0.1, 0.15) is 43.1 Å². The van der Waals surface area contributed by atoms with Crippen molar-refractivity contribution in [1.29, 1.82) is 0 Å². The van der Waals surface area contributed by atoms with Crippen molar-refractivity contribution in [2.45, 2.75) is 53.1 Å². The standard InChI is InChI=1S/C23H36N6/c1-18-10-14-28(15-11-18)22-8-6-21(7-9-22)17-26-23(24-4)25-12-5-13-29-20(3)16-19(2)27-29/h6-9,16,18H,5,10-15,17H2,1-4H3,(H2,24,25,26). The molecule has 0 bridgehead atoms. The SMILES string of the molecule is CN=C(NCCCn1nc(C)cc1C)NCc1ccc(N2CCC(C)CC2)cc1. The van der Waals surface area contributed by atoms with Crippen LogP contribution in [0.5, 0.6) is 0 Å². The molecule has 2 heterocycles. The van der Waals surface area contributed by atoms with Crippen LogP contribution in [0, 0.1) is 19.8 Å². The Labute approximate surface area is 175 Å². The molecule has 0 amide bonds. The predicted octanol–water partition coefficient (Wildman–Crippen LogP) is 3.49. The van der Waals surface area contributed by atoms with Gasteiger partial charge in [0.15, 0.2) is 5.96 Å². The lowest BCUT2D eigenvalue weighted by Gasteiger charge is -2.32. The Morgan fingerprint density at radius 2 is 1.86 bits per heavy atom. The van der Waals surface area contributed by atoms with Crippen LogP contribution in [0.2, 0.25) is 0 Å². The van der Waals surface area contributed by atoms with E-state index in [0.29, 0.717) is 0 Å². The van der Waals surface area contributed by atoms with Gasteiger partial charge in [-0.05, 0) is 62.8 Å². The first-order chi connectivity index (χ1) is 14.0. The monoisotopic (exact) mass is 396 g/mol. The summed E-state index contributed by atoms with van der Waals surface area (Å²) in [6.07, 6.45) is 3.60. The molecule has 1 saturated heterocycles. The van der Waals surface area contributed by atoms with Crippen molar-refractivity contribution in [3.05, 3.63) is 47.3 Å². The van der Waals surface area contributed by atoms with E-state index in [9.17, 15) is 0 Å². The Balaban J connectivity index is 1.39. The van der Waals surface area contributed by atoms with Gasteiger partial charge in [0.2, 0.25) is 0 Å². The molecular weight excluding hydrogens is 360 g/mol. The zero-order valence-electron chi connectivity index (χ0n) is 18.4. The summed E-state index contributed by atoms with van der Waals surface area (Å²) in [7, 11) is 1.82. The first kappa shape index (κ1) is 21.2. The van der Waals surface area contributed by atoms with Crippen molar-refractivity contribution < 1.29 is 0 Å². The molecule has 0 saturated carbocycles. The van der Waals surface area contributed by atoms with E-state index in [0.717, 1.165) is 43.6 Å². The molecule has 0 spiro atoms. The van der Waals surface area contributed by atoms with Gasteiger partial charge in [0, 0.05) is 51.2 Å². The molecule has 0 aliphatic carbocycles. The summed E-state index contributed by atoms with van der Waals surface area (Å²) >= 11 is 0. The minimum Gasteiger partial charge on any atom is -0.372 e. The zero-order valence-corrected chi connectivity index (χ0v) is 18.4. The van der Waals surface area contributed by atoms with Crippen molar-refractivity contribution in [2.24, 2.45) is 10.9 Å². The van der Waals surface area contributed by atoms with E-state index in [-0.39, 0.29) is 0 Å². The Bertz CT molecular complexity index is 784. The fraction of sp³-hybridized carbons (Fsp3) is 0.565. The fourth-order valence-corrected chi connectivity index (χ4v) is 3.83. The van der Waals surface area contributed by atoms with Crippen LogP contribution >= 0.6 is 0 Å². The largest absolute Gasteiger partial charge is 0.372 e. The van der Waals surface area contributed by atoms with Gasteiger partial charge in [-0.1, -0.05) is 19.1 Å². The van der Waals surface area contributed by atoms with Gasteiger partial charge >= 0.3 is 0 Å². The summed E-state index contributed by atoms with van der Waals surface area (Å²) in [4.78, 5) is 6.83. The molecule has 1 fully saturated rings. The van der Waals surface area contributed by atoms with E-state index in [2.05, 4.69) is 74.5 Å². The Kier molecular flexibility index (Phi) is 7.55. The Hall–Kier alpha value is -2.50. The molecule has 1 aliphatic rings. The second-order valence-corrected chi connectivity index (χ2v) is 8.19. The third kappa shape index (κ3) is 6.24. The fourth-order valence-electron chi connectivity index (χ4n) is 3.83. The number of guanidine groups is 1. The lowest BCUT2D eigenvalue weighted by molar-refractivity contribution is 0.438. The number of aromatic nitrogens is 2. The van der Waals surface area contributed by atoms with E-state index >= 15 is 0 Å². The molecule has 0 unspecified atom stereocenters. The average molecular weight is 397 g/mol. The highest BCUT2D eigenvalue weighted by Gasteiger charge is 2.15. The topological polar surface area (TPSA) is 57.5 Å². The molecule has 29 heavy (non-hydrogen) atoms. The predicted molar refractivity (Wildman–Crippen MR) is 122 cm³/mol. The van der Waals surface area contributed by atoms with Gasteiger partial charge < -0.3 is 15.5 Å². The number of benzene rings is 1. The highest BCUT2D eigenvalue weighted by Crippen LogP contribution is 2.23. The first-order valence-corrected chi connectivity index (χ1v) is 10.8. The van der Waals surface area contributed by atoms with Gasteiger partial charge in [-0.3, -0.25) is 9.67 Å². The van der Waals surface area contributed by atoms with Crippen LogP contribution < -0.4 is 15.5 Å². The highest BCUT2D eigenvalue weighted by atomic mass is 15.3. The van der Waals surface area contributed by atoms with Crippen molar-refractivity contribution in [3.63, 3.8) is 0 Å². The number of piperidine rings is 1. The van der Waals surface area contributed by atoms with Gasteiger partial charge in [0.1, 0.15) is 0 Å². The van der Waals surface area contributed by atoms with Gasteiger partial charge in [-0.15, -0.1) is 0 Å². The Morgan fingerprint density at radius 1 is 1.14 bits per heavy atom.